The minimum Gasteiger partial charge on any atom is -0.506 e. The summed E-state index contributed by atoms with van der Waals surface area (Å²) in [6.07, 6.45) is 2.83. The first-order chi connectivity index (χ1) is 8.68. The molecule has 18 heavy (non-hydrogen) atoms. The third-order valence-electron chi connectivity index (χ3n) is 3.74. The molecule has 0 amide bonds. The van der Waals surface area contributed by atoms with Crippen LogP contribution in [0.15, 0.2) is 10.5 Å². The number of ether oxygens (including phenoxy) is 2. The summed E-state index contributed by atoms with van der Waals surface area (Å²) in [5.74, 6) is 1.62. The van der Waals surface area contributed by atoms with Gasteiger partial charge in [-0.3, -0.25) is 0 Å². The van der Waals surface area contributed by atoms with Crippen molar-refractivity contribution in [2.75, 3.05) is 19.8 Å². The number of aromatic hydroxyl groups is 1. The molecule has 1 aromatic rings. The van der Waals surface area contributed by atoms with Crippen LogP contribution in [0.2, 0.25) is 0 Å². The smallest absolute Gasteiger partial charge is 0.168 e. The highest BCUT2D eigenvalue weighted by Gasteiger charge is 2.48. The predicted octanol–water partition coefficient (Wildman–Crippen LogP) is 2.31. The zero-order valence-electron chi connectivity index (χ0n) is 10.0. The summed E-state index contributed by atoms with van der Waals surface area (Å²) in [6.45, 7) is 1.77. The molecule has 5 heteroatoms. The van der Waals surface area contributed by atoms with Crippen molar-refractivity contribution in [2.45, 2.75) is 24.7 Å². The number of halogens is 1. The lowest BCUT2D eigenvalue weighted by Gasteiger charge is -2.21. The molecule has 3 rings (SSSR count). The summed E-state index contributed by atoms with van der Waals surface area (Å²) in [5.41, 5.74) is 6.55. The third kappa shape index (κ3) is 1.77. The standard InChI is InChI=1S/C13H16BrNO3/c14-8-6-9-12(18-5-1-4-17-9)10(11(8)16)13(7-15)2-3-13/h6,16H,1-5,7,15H2. The Morgan fingerprint density at radius 2 is 2.06 bits per heavy atom. The van der Waals surface area contributed by atoms with E-state index < -0.39 is 0 Å². The minimum absolute atomic E-state index is 0.133. The van der Waals surface area contributed by atoms with E-state index in [1.165, 1.54) is 0 Å². The lowest BCUT2D eigenvalue weighted by atomic mass is 9.93. The van der Waals surface area contributed by atoms with E-state index in [9.17, 15) is 5.11 Å². The van der Waals surface area contributed by atoms with E-state index in [2.05, 4.69) is 15.9 Å². The molecule has 1 aromatic carbocycles. The van der Waals surface area contributed by atoms with Crippen LogP contribution in [0.1, 0.15) is 24.8 Å². The van der Waals surface area contributed by atoms with Crippen LogP contribution in [0.4, 0.5) is 0 Å². The van der Waals surface area contributed by atoms with Crippen molar-refractivity contribution in [3.63, 3.8) is 0 Å². The van der Waals surface area contributed by atoms with E-state index in [-0.39, 0.29) is 11.2 Å². The zero-order valence-corrected chi connectivity index (χ0v) is 11.6. The number of hydrogen-bond acceptors (Lipinski definition) is 4. The monoisotopic (exact) mass is 313 g/mol. The Balaban J connectivity index is 2.19. The topological polar surface area (TPSA) is 64.7 Å². The minimum atomic E-state index is -0.133. The van der Waals surface area contributed by atoms with E-state index in [1.54, 1.807) is 6.07 Å². The van der Waals surface area contributed by atoms with Crippen LogP contribution < -0.4 is 15.2 Å². The Hall–Kier alpha value is -0.940. The van der Waals surface area contributed by atoms with Crippen LogP contribution in [0.3, 0.4) is 0 Å². The van der Waals surface area contributed by atoms with Gasteiger partial charge in [0.2, 0.25) is 0 Å². The van der Waals surface area contributed by atoms with Crippen molar-refractivity contribution in [1.29, 1.82) is 0 Å². The summed E-state index contributed by atoms with van der Waals surface area (Å²) in [6, 6.07) is 1.77. The van der Waals surface area contributed by atoms with Gasteiger partial charge in [-0.1, -0.05) is 0 Å². The van der Waals surface area contributed by atoms with Gasteiger partial charge in [-0.2, -0.15) is 0 Å². The number of rotatable bonds is 2. The van der Waals surface area contributed by atoms with Crippen LogP contribution >= 0.6 is 15.9 Å². The average Bonchev–Trinajstić information content (AvgIpc) is 3.15. The maximum absolute atomic E-state index is 10.3. The fraction of sp³-hybridized carbons (Fsp3) is 0.538. The second-order valence-corrected chi connectivity index (χ2v) is 5.80. The van der Waals surface area contributed by atoms with Gasteiger partial charge in [0.1, 0.15) is 5.75 Å². The predicted molar refractivity (Wildman–Crippen MR) is 71.4 cm³/mol. The van der Waals surface area contributed by atoms with Gasteiger partial charge in [0.25, 0.3) is 0 Å². The highest BCUT2D eigenvalue weighted by atomic mass is 79.9. The number of phenols is 1. The molecule has 0 spiro atoms. The molecule has 0 unspecified atom stereocenters. The van der Waals surface area contributed by atoms with Crippen LogP contribution in [0.5, 0.6) is 17.2 Å². The molecule has 0 bridgehead atoms. The SMILES string of the molecule is NCC1(c2c(O)c(Br)cc3c2OCCCO3)CC1. The fourth-order valence-corrected chi connectivity index (χ4v) is 2.87. The Bertz CT molecular complexity index is 486. The van der Waals surface area contributed by atoms with E-state index in [0.717, 1.165) is 24.8 Å². The summed E-state index contributed by atoms with van der Waals surface area (Å²) < 4.78 is 12.1. The second kappa shape index (κ2) is 4.31. The lowest BCUT2D eigenvalue weighted by molar-refractivity contribution is 0.295. The molecule has 1 aliphatic carbocycles. The largest absolute Gasteiger partial charge is 0.506 e. The van der Waals surface area contributed by atoms with Crippen molar-refractivity contribution in [1.82, 2.24) is 0 Å². The Morgan fingerprint density at radius 3 is 2.72 bits per heavy atom. The number of hydrogen-bond donors (Lipinski definition) is 2. The molecule has 1 aliphatic heterocycles. The van der Waals surface area contributed by atoms with Crippen LogP contribution in [0.25, 0.3) is 0 Å². The third-order valence-corrected chi connectivity index (χ3v) is 4.34. The van der Waals surface area contributed by atoms with E-state index in [1.807, 2.05) is 0 Å². The van der Waals surface area contributed by atoms with Gasteiger partial charge in [-0.15, -0.1) is 0 Å². The highest BCUT2D eigenvalue weighted by molar-refractivity contribution is 9.10. The second-order valence-electron chi connectivity index (χ2n) is 4.94. The number of nitrogens with two attached hydrogens (primary N) is 1. The number of benzene rings is 1. The molecule has 1 heterocycles. The van der Waals surface area contributed by atoms with Gasteiger partial charge in [-0.25, -0.2) is 0 Å². The van der Waals surface area contributed by atoms with Gasteiger partial charge < -0.3 is 20.3 Å². The van der Waals surface area contributed by atoms with Gasteiger partial charge in [-0.05, 0) is 28.8 Å². The zero-order chi connectivity index (χ0) is 12.8. The number of fused-ring (bicyclic) bond motifs is 1. The molecule has 0 atom stereocenters. The normalized spacial score (nSPS) is 20.3. The molecule has 0 saturated heterocycles. The molecule has 4 nitrogen and oxygen atoms in total. The summed E-state index contributed by atoms with van der Waals surface area (Å²) in [4.78, 5) is 0. The molecule has 3 N–H and O–H groups in total. The molecule has 1 fully saturated rings. The molecule has 98 valence electrons. The Labute approximate surface area is 114 Å². The maximum Gasteiger partial charge on any atom is 0.168 e. The van der Waals surface area contributed by atoms with Gasteiger partial charge in [0, 0.05) is 30.0 Å². The van der Waals surface area contributed by atoms with Gasteiger partial charge >= 0.3 is 0 Å². The molecular weight excluding hydrogens is 298 g/mol. The van der Waals surface area contributed by atoms with Crippen molar-refractivity contribution in [2.24, 2.45) is 5.73 Å². The van der Waals surface area contributed by atoms with Crippen molar-refractivity contribution in [3.05, 3.63) is 16.1 Å². The highest BCUT2D eigenvalue weighted by Crippen LogP contribution is 2.57. The quantitative estimate of drug-likeness (QED) is 0.879. The van der Waals surface area contributed by atoms with E-state index in [0.29, 0.717) is 35.7 Å². The Kier molecular flexibility index (Phi) is 2.90. The fourth-order valence-electron chi connectivity index (χ4n) is 2.46. The van der Waals surface area contributed by atoms with E-state index in [4.69, 9.17) is 15.2 Å². The van der Waals surface area contributed by atoms with Crippen molar-refractivity contribution in [3.8, 4) is 17.2 Å². The van der Waals surface area contributed by atoms with Crippen LogP contribution in [-0.2, 0) is 5.41 Å². The molecule has 0 aromatic heterocycles. The summed E-state index contributed by atoms with van der Waals surface area (Å²) >= 11 is 3.37. The first kappa shape index (κ1) is 12.1. The summed E-state index contributed by atoms with van der Waals surface area (Å²) in [5, 5.41) is 10.3. The number of phenolic OH excluding ortho intramolecular Hbond substituents is 1. The first-order valence-corrected chi connectivity index (χ1v) is 6.99. The summed E-state index contributed by atoms with van der Waals surface area (Å²) in [7, 11) is 0. The maximum atomic E-state index is 10.3. The van der Waals surface area contributed by atoms with Crippen LogP contribution in [-0.4, -0.2) is 24.9 Å². The van der Waals surface area contributed by atoms with Gasteiger partial charge in [0.05, 0.1) is 17.7 Å². The molecule has 2 aliphatic rings. The van der Waals surface area contributed by atoms with E-state index >= 15 is 0 Å². The van der Waals surface area contributed by atoms with Crippen LogP contribution in [0, 0.1) is 0 Å². The lowest BCUT2D eigenvalue weighted by Crippen LogP contribution is -2.21. The first-order valence-electron chi connectivity index (χ1n) is 6.19. The molecule has 1 saturated carbocycles. The Morgan fingerprint density at radius 1 is 1.33 bits per heavy atom. The van der Waals surface area contributed by atoms with Crippen molar-refractivity contribution < 1.29 is 14.6 Å². The van der Waals surface area contributed by atoms with Crippen molar-refractivity contribution >= 4 is 15.9 Å². The molecule has 0 radical (unpaired) electrons. The molecular formula is C13H16BrNO3. The average molecular weight is 314 g/mol. The van der Waals surface area contributed by atoms with Gasteiger partial charge in [0.15, 0.2) is 11.5 Å².